The molecule has 0 unspecified atom stereocenters. The fourth-order valence-electron chi connectivity index (χ4n) is 3.38. The standard InChI is InChI=1S/C20H25FN4O2S/c1-24(2)10-5-11-25-17-9-4-8-16(17)19(23-20(25)27)28-13-18(26)22-15-7-3-6-14(21)12-15/h3,6-7,12H,4-5,8-11,13H2,1-2H3,(H,22,26). The molecule has 1 heterocycles. The Morgan fingerprint density at radius 3 is 2.93 bits per heavy atom. The SMILES string of the molecule is CN(C)CCCn1c2c(c(SCC(=O)Nc3cccc(F)c3)nc1=O)CCC2. The molecule has 1 aliphatic carbocycles. The molecule has 0 radical (unpaired) electrons. The summed E-state index contributed by atoms with van der Waals surface area (Å²) in [6, 6.07) is 5.78. The highest BCUT2D eigenvalue weighted by Crippen LogP contribution is 2.29. The van der Waals surface area contributed by atoms with Crippen LogP contribution in [-0.4, -0.2) is 46.8 Å². The maximum absolute atomic E-state index is 13.2. The molecule has 1 amide bonds. The van der Waals surface area contributed by atoms with Crippen molar-refractivity contribution in [3.63, 3.8) is 0 Å². The first-order valence-electron chi connectivity index (χ1n) is 9.39. The van der Waals surface area contributed by atoms with Gasteiger partial charge in [-0.25, -0.2) is 9.18 Å². The molecule has 0 atom stereocenters. The van der Waals surface area contributed by atoms with Gasteiger partial charge in [-0.1, -0.05) is 17.8 Å². The third-order valence-electron chi connectivity index (χ3n) is 4.64. The van der Waals surface area contributed by atoms with E-state index in [1.165, 1.54) is 23.9 Å². The lowest BCUT2D eigenvalue weighted by Crippen LogP contribution is -2.29. The summed E-state index contributed by atoms with van der Waals surface area (Å²) in [6.07, 6.45) is 3.64. The molecule has 8 heteroatoms. The minimum atomic E-state index is -0.400. The van der Waals surface area contributed by atoms with Crippen LogP contribution >= 0.6 is 11.8 Å². The molecular weight excluding hydrogens is 379 g/mol. The van der Waals surface area contributed by atoms with E-state index in [0.29, 0.717) is 17.3 Å². The van der Waals surface area contributed by atoms with E-state index >= 15 is 0 Å². The van der Waals surface area contributed by atoms with E-state index in [9.17, 15) is 14.0 Å². The van der Waals surface area contributed by atoms with Crippen molar-refractivity contribution in [1.82, 2.24) is 14.5 Å². The largest absolute Gasteiger partial charge is 0.348 e. The molecular formula is C20H25FN4O2S. The Morgan fingerprint density at radius 2 is 2.18 bits per heavy atom. The summed E-state index contributed by atoms with van der Waals surface area (Å²) < 4.78 is 15.0. The number of rotatable bonds is 8. The van der Waals surface area contributed by atoms with Gasteiger partial charge in [0.2, 0.25) is 5.91 Å². The van der Waals surface area contributed by atoms with Crippen molar-refractivity contribution in [2.24, 2.45) is 0 Å². The second kappa shape index (κ2) is 9.34. The highest BCUT2D eigenvalue weighted by atomic mass is 32.2. The van der Waals surface area contributed by atoms with Crippen LogP contribution < -0.4 is 11.0 Å². The van der Waals surface area contributed by atoms with Gasteiger partial charge >= 0.3 is 5.69 Å². The van der Waals surface area contributed by atoms with Gasteiger partial charge in [-0.2, -0.15) is 4.98 Å². The topological polar surface area (TPSA) is 67.2 Å². The summed E-state index contributed by atoms with van der Waals surface area (Å²) >= 11 is 1.27. The van der Waals surface area contributed by atoms with E-state index in [-0.39, 0.29) is 17.3 Å². The van der Waals surface area contributed by atoms with Crippen LogP contribution in [0.2, 0.25) is 0 Å². The number of halogens is 1. The van der Waals surface area contributed by atoms with Gasteiger partial charge in [-0.3, -0.25) is 9.36 Å². The first kappa shape index (κ1) is 20.5. The van der Waals surface area contributed by atoms with E-state index in [0.717, 1.165) is 43.5 Å². The zero-order chi connectivity index (χ0) is 20.1. The fraction of sp³-hybridized carbons (Fsp3) is 0.450. The second-order valence-corrected chi connectivity index (χ2v) is 8.10. The van der Waals surface area contributed by atoms with Crippen molar-refractivity contribution in [2.45, 2.75) is 37.3 Å². The van der Waals surface area contributed by atoms with Crippen molar-refractivity contribution in [3.05, 3.63) is 51.8 Å². The van der Waals surface area contributed by atoms with Crippen molar-refractivity contribution < 1.29 is 9.18 Å². The van der Waals surface area contributed by atoms with Crippen molar-refractivity contribution in [1.29, 1.82) is 0 Å². The monoisotopic (exact) mass is 404 g/mol. The number of amides is 1. The van der Waals surface area contributed by atoms with E-state index in [4.69, 9.17) is 0 Å². The van der Waals surface area contributed by atoms with E-state index in [1.54, 1.807) is 16.7 Å². The van der Waals surface area contributed by atoms with Crippen LogP contribution in [0, 0.1) is 5.82 Å². The van der Waals surface area contributed by atoms with Crippen molar-refractivity contribution in [3.8, 4) is 0 Å². The number of hydrogen-bond donors (Lipinski definition) is 1. The highest BCUT2D eigenvalue weighted by molar-refractivity contribution is 8.00. The lowest BCUT2D eigenvalue weighted by molar-refractivity contribution is -0.113. The molecule has 2 aromatic rings. The predicted octanol–water partition coefficient (Wildman–Crippen LogP) is 2.55. The Bertz CT molecular complexity index is 914. The molecule has 0 aliphatic heterocycles. The maximum atomic E-state index is 13.2. The van der Waals surface area contributed by atoms with Gasteiger partial charge in [-0.15, -0.1) is 0 Å². The Hall–Kier alpha value is -2.19. The van der Waals surface area contributed by atoms with Crippen LogP contribution in [0.1, 0.15) is 24.1 Å². The molecule has 150 valence electrons. The molecule has 0 spiro atoms. The number of carbonyl (C=O) groups is 1. The molecule has 0 fully saturated rings. The van der Waals surface area contributed by atoms with Gasteiger partial charge in [-0.05, 0) is 64.5 Å². The number of thioether (sulfide) groups is 1. The lowest BCUT2D eigenvalue weighted by Gasteiger charge is -2.15. The number of aromatic nitrogens is 2. The number of nitrogens with one attached hydrogen (secondary N) is 1. The average Bonchev–Trinajstić information content (AvgIpc) is 3.11. The first-order valence-corrected chi connectivity index (χ1v) is 10.4. The summed E-state index contributed by atoms with van der Waals surface area (Å²) in [5.74, 6) is -0.526. The van der Waals surface area contributed by atoms with Gasteiger partial charge < -0.3 is 10.2 Å². The van der Waals surface area contributed by atoms with Crippen molar-refractivity contribution in [2.75, 3.05) is 31.7 Å². The Labute approximate surface area is 168 Å². The van der Waals surface area contributed by atoms with Crippen LogP contribution in [0.4, 0.5) is 10.1 Å². The third kappa shape index (κ3) is 5.20. The second-order valence-electron chi connectivity index (χ2n) is 7.13. The Balaban J connectivity index is 1.67. The summed E-state index contributed by atoms with van der Waals surface area (Å²) in [5, 5.41) is 3.32. The van der Waals surface area contributed by atoms with E-state index in [1.807, 2.05) is 14.1 Å². The highest BCUT2D eigenvalue weighted by Gasteiger charge is 2.22. The van der Waals surface area contributed by atoms with Gasteiger partial charge in [0.05, 0.1) is 5.75 Å². The molecule has 1 aromatic carbocycles. The quantitative estimate of drug-likeness (QED) is 0.541. The molecule has 28 heavy (non-hydrogen) atoms. The fourth-order valence-corrected chi connectivity index (χ4v) is 4.26. The molecule has 3 rings (SSSR count). The van der Waals surface area contributed by atoms with Crippen LogP contribution in [-0.2, 0) is 24.2 Å². The molecule has 0 saturated heterocycles. The number of benzene rings is 1. The summed E-state index contributed by atoms with van der Waals surface area (Å²) in [7, 11) is 4.03. The van der Waals surface area contributed by atoms with E-state index in [2.05, 4.69) is 15.2 Å². The lowest BCUT2D eigenvalue weighted by atomic mass is 10.2. The first-order chi connectivity index (χ1) is 13.4. The van der Waals surface area contributed by atoms with Gasteiger partial charge in [0, 0.05) is 23.5 Å². The summed E-state index contributed by atoms with van der Waals surface area (Å²) in [6.45, 7) is 1.58. The van der Waals surface area contributed by atoms with Crippen LogP contribution in [0.3, 0.4) is 0 Å². The van der Waals surface area contributed by atoms with Gasteiger partial charge in [0.15, 0.2) is 0 Å². The Kier molecular flexibility index (Phi) is 6.85. The number of carbonyl (C=O) groups excluding carboxylic acids is 1. The maximum Gasteiger partial charge on any atom is 0.348 e. The number of fused-ring (bicyclic) bond motifs is 1. The number of anilines is 1. The van der Waals surface area contributed by atoms with Crippen LogP contribution in [0.25, 0.3) is 0 Å². The van der Waals surface area contributed by atoms with E-state index < -0.39 is 5.82 Å². The van der Waals surface area contributed by atoms with Gasteiger partial charge in [0.25, 0.3) is 0 Å². The minimum Gasteiger partial charge on any atom is -0.325 e. The molecule has 0 bridgehead atoms. The number of nitrogens with zero attached hydrogens (tertiary/aromatic N) is 3. The average molecular weight is 405 g/mol. The zero-order valence-corrected chi connectivity index (χ0v) is 17.0. The van der Waals surface area contributed by atoms with Crippen molar-refractivity contribution >= 4 is 23.4 Å². The predicted molar refractivity (Wildman–Crippen MR) is 109 cm³/mol. The third-order valence-corrected chi connectivity index (χ3v) is 5.65. The summed E-state index contributed by atoms with van der Waals surface area (Å²) in [5.41, 5.74) is 2.33. The van der Waals surface area contributed by atoms with Gasteiger partial charge in [0.1, 0.15) is 10.8 Å². The van der Waals surface area contributed by atoms with Crippen LogP contribution in [0.15, 0.2) is 34.1 Å². The zero-order valence-electron chi connectivity index (χ0n) is 16.2. The normalized spacial score (nSPS) is 13.0. The molecule has 0 saturated carbocycles. The summed E-state index contributed by atoms with van der Waals surface area (Å²) in [4.78, 5) is 31.1. The minimum absolute atomic E-state index is 0.125. The Morgan fingerprint density at radius 1 is 1.36 bits per heavy atom. The smallest absolute Gasteiger partial charge is 0.325 e. The molecule has 1 N–H and O–H groups in total. The molecule has 1 aliphatic rings. The number of hydrogen-bond acceptors (Lipinski definition) is 5. The molecule has 6 nitrogen and oxygen atoms in total. The molecule has 1 aromatic heterocycles. The van der Waals surface area contributed by atoms with Crippen LogP contribution in [0.5, 0.6) is 0 Å².